The first kappa shape index (κ1) is 19.6. The van der Waals surface area contributed by atoms with Crippen LogP contribution < -0.4 is 4.74 Å². The van der Waals surface area contributed by atoms with Gasteiger partial charge < -0.3 is 9.57 Å². The minimum absolute atomic E-state index is 0.0313. The fourth-order valence-electron chi connectivity index (χ4n) is 2.37. The van der Waals surface area contributed by atoms with E-state index in [9.17, 15) is 10.1 Å². The van der Waals surface area contributed by atoms with Crippen LogP contribution in [0.2, 0.25) is 0 Å². The van der Waals surface area contributed by atoms with Crippen LogP contribution in [0.4, 0.5) is 5.69 Å². The molecule has 0 heterocycles. The molecule has 0 atom stereocenters. The van der Waals surface area contributed by atoms with E-state index in [-0.39, 0.29) is 12.3 Å². The zero-order valence-corrected chi connectivity index (χ0v) is 16.4. The minimum Gasteiger partial charge on any atom is -0.489 e. The van der Waals surface area contributed by atoms with Crippen LogP contribution in [-0.2, 0) is 18.1 Å². The largest absolute Gasteiger partial charge is 0.489 e. The molecule has 0 amide bonds. The summed E-state index contributed by atoms with van der Waals surface area (Å²) in [5, 5.41) is 14.7. The summed E-state index contributed by atoms with van der Waals surface area (Å²) in [5.74, 6) is 0.762. The Morgan fingerprint density at radius 1 is 0.964 bits per heavy atom. The number of non-ortho nitro benzene ring substituents is 1. The third kappa shape index (κ3) is 5.92. The second-order valence-corrected chi connectivity index (χ2v) is 6.83. The van der Waals surface area contributed by atoms with Crippen LogP contribution in [0.3, 0.4) is 0 Å². The molecule has 3 rings (SSSR count). The number of ether oxygens (including phenoxy) is 1. The van der Waals surface area contributed by atoms with E-state index in [1.54, 1.807) is 18.3 Å². The second kappa shape index (κ2) is 9.66. The molecule has 0 bridgehead atoms. The monoisotopic (exact) mass is 440 g/mol. The second-order valence-electron chi connectivity index (χ2n) is 5.92. The summed E-state index contributed by atoms with van der Waals surface area (Å²) in [6, 6.07) is 21.7. The number of rotatable bonds is 8. The Morgan fingerprint density at radius 2 is 1.71 bits per heavy atom. The van der Waals surface area contributed by atoms with Gasteiger partial charge in [-0.1, -0.05) is 45.4 Å². The fourth-order valence-corrected chi connectivity index (χ4v) is 2.63. The van der Waals surface area contributed by atoms with Gasteiger partial charge in [0.15, 0.2) is 0 Å². The molecule has 0 unspecified atom stereocenters. The van der Waals surface area contributed by atoms with Gasteiger partial charge in [0.25, 0.3) is 5.69 Å². The van der Waals surface area contributed by atoms with Crippen molar-refractivity contribution in [1.29, 1.82) is 0 Å². The van der Waals surface area contributed by atoms with Gasteiger partial charge in [0.05, 0.1) is 11.1 Å². The number of hydrogen-bond donors (Lipinski definition) is 0. The molecule has 0 saturated heterocycles. The van der Waals surface area contributed by atoms with Gasteiger partial charge in [0.1, 0.15) is 19.0 Å². The number of halogens is 1. The molecule has 3 aromatic rings. The van der Waals surface area contributed by atoms with E-state index >= 15 is 0 Å². The predicted octanol–water partition coefficient (Wildman–Crippen LogP) is 5.49. The van der Waals surface area contributed by atoms with Crippen LogP contribution in [0.5, 0.6) is 5.75 Å². The molecule has 0 radical (unpaired) electrons. The molecule has 0 N–H and O–H groups in total. The molecular weight excluding hydrogens is 424 g/mol. The average molecular weight is 441 g/mol. The van der Waals surface area contributed by atoms with Crippen LogP contribution in [0.1, 0.15) is 16.7 Å². The SMILES string of the molecule is O=[N+]([O-])c1cccc(CO/N=C\c2ccc(OCc3ccc(Br)cc3)cc2)c1. The summed E-state index contributed by atoms with van der Waals surface area (Å²) in [4.78, 5) is 15.5. The molecule has 0 aliphatic rings. The lowest BCUT2D eigenvalue weighted by molar-refractivity contribution is -0.384. The molecule has 7 heteroatoms. The molecular formula is C21H17BrN2O4. The summed E-state index contributed by atoms with van der Waals surface area (Å²) >= 11 is 3.41. The molecule has 0 aliphatic carbocycles. The summed E-state index contributed by atoms with van der Waals surface area (Å²) in [7, 11) is 0. The van der Waals surface area contributed by atoms with E-state index in [1.807, 2.05) is 48.5 Å². The van der Waals surface area contributed by atoms with E-state index in [1.165, 1.54) is 12.1 Å². The minimum atomic E-state index is -0.437. The number of oxime groups is 1. The third-order valence-corrected chi connectivity index (χ3v) is 4.36. The van der Waals surface area contributed by atoms with Crippen molar-refractivity contribution in [2.75, 3.05) is 0 Å². The maximum absolute atomic E-state index is 10.8. The molecule has 0 spiro atoms. The van der Waals surface area contributed by atoms with Gasteiger partial charge in [0.2, 0.25) is 0 Å². The zero-order chi connectivity index (χ0) is 19.8. The van der Waals surface area contributed by atoms with Gasteiger partial charge in [-0.15, -0.1) is 0 Å². The lowest BCUT2D eigenvalue weighted by Gasteiger charge is -2.06. The highest BCUT2D eigenvalue weighted by atomic mass is 79.9. The van der Waals surface area contributed by atoms with Gasteiger partial charge in [-0.05, 0) is 53.1 Å². The van der Waals surface area contributed by atoms with E-state index < -0.39 is 4.92 Å². The Hall–Kier alpha value is -3.19. The normalized spacial score (nSPS) is 10.8. The van der Waals surface area contributed by atoms with Crippen molar-refractivity contribution in [3.8, 4) is 5.75 Å². The van der Waals surface area contributed by atoms with Crippen LogP contribution in [-0.4, -0.2) is 11.1 Å². The first-order chi connectivity index (χ1) is 13.6. The van der Waals surface area contributed by atoms with E-state index in [2.05, 4.69) is 21.1 Å². The first-order valence-electron chi connectivity index (χ1n) is 8.46. The summed E-state index contributed by atoms with van der Waals surface area (Å²) in [5.41, 5.74) is 2.66. The lowest BCUT2D eigenvalue weighted by Crippen LogP contribution is -1.95. The van der Waals surface area contributed by atoms with E-state index in [4.69, 9.17) is 9.57 Å². The topological polar surface area (TPSA) is 74.0 Å². The van der Waals surface area contributed by atoms with Crippen LogP contribution in [0.15, 0.2) is 82.4 Å². The van der Waals surface area contributed by atoms with E-state index in [0.29, 0.717) is 12.2 Å². The molecule has 0 saturated carbocycles. The Morgan fingerprint density at radius 3 is 2.43 bits per heavy atom. The van der Waals surface area contributed by atoms with Crippen molar-refractivity contribution in [3.05, 3.63) is 104 Å². The Labute approximate surface area is 170 Å². The summed E-state index contributed by atoms with van der Waals surface area (Å²) in [6.45, 7) is 0.652. The quantitative estimate of drug-likeness (QED) is 0.263. The van der Waals surface area contributed by atoms with Crippen molar-refractivity contribution in [2.24, 2.45) is 5.16 Å². The molecule has 6 nitrogen and oxygen atoms in total. The van der Waals surface area contributed by atoms with Gasteiger partial charge in [-0.2, -0.15) is 0 Å². The fraction of sp³-hybridized carbons (Fsp3) is 0.0952. The highest BCUT2D eigenvalue weighted by Crippen LogP contribution is 2.16. The van der Waals surface area contributed by atoms with Crippen molar-refractivity contribution >= 4 is 27.8 Å². The van der Waals surface area contributed by atoms with Crippen molar-refractivity contribution in [1.82, 2.24) is 0 Å². The molecule has 142 valence electrons. The molecule has 3 aromatic carbocycles. The van der Waals surface area contributed by atoms with Gasteiger partial charge in [0, 0.05) is 16.6 Å². The smallest absolute Gasteiger partial charge is 0.269 e. The highest BCUT2D eigenvalue weighted by Gasteiger charge is 2.05. The summed E-state index contributed by atoms with van der Waals surface area (Å²) < 4.78 is 6.79. The Kier molecular flexibility index (Phi) is 6.75. The Bertz CT molecular complexity index is 957. The number of hydrogen-bond acceptors (Lipinski definition) is 5. The zero-order valence-electron chi connectivity index (χ0n) is 14.8. The molecule has 0 aliphatic heterocycles. The van der Waals surface area contributed by atoms with Crippen LogP contribution in [0, 0.1) is 10.1 Å². The predicted molar refractivity (Wildman–Crippen MR) is 110 cm³/mol. The number of benzene rings is 3. The third-order valence-electron chi connectivity index (χ3n) is 3.83. The average Bonchev–Trinajstić information content (AvgIpc) is 2.72. The van der Waals surface area contributed by atoms with Crippen LogP contribution in [0.25, 0.3) is 0 Å². The molecule has 0 fully saturated rings. The molecule has 28 heavy (non-hydrogen) atoms. The maximum atomic E-state index is 10.8. The number of nitro groups is 1. The molecule has 0 aromatic heterocycles. The highest BCUT2D eigenvalue weighted by molar-refractivity contribution is 9.10. The Balaban J connectivity index is 1.47. The van der Waals surface area contributed by atoms with Gasteiger partial charge in [-0.3, -0.25) is 10.1 Å². The van der Waals surface area contributed by atoms with E-state index in [0.717, 1.165) is 21.3 Å². The van der Waals surface area contributed by atoms with Crippen molar-refractivity contribution < 1.29 is 14.5 Å². The lowest BCUT2D eigenvalue weighted by atomic mass is 10.2. The number of nitro benzene ring substituents is 1. The standard InChI is InChI=1S/C21H17BrN2O4/c22-19-8-4-17(5-9-19)14-27-21-10-6-16(7-11-21)13-23-28-15-18-2-1-3-20(12-18)24(25)26/h1-13H,14-15H2/b23-13-. The van der Waals surface area contributed by atoms with Gasteiger partial charge in [-0.25, -0.2) is 0 Å². The van der Waals surface area contributed by atoms with Gasteiger partial charge >= 0.3 is 0 Å². The van der Waals surface area contributed by atoms with Crippen molar-refractivity contribution in [3.63, 3.8) is 0 Å². The summed E-state index contributed by atoms with van der Waals surface area (Å²) in [6.07, 6.45) is 1.58. The number of nitrogens with zero attached hydrogens (tertiary/aromatic N) is 2. The van der Waals surface area contributed by atoms with Crippen LogP contribution >= 0.6 is 15.9 Å². The van der Waals surface area contributed by atoms with Crippen molar-refractivity contribution in [2.45, 2.75) is 13.2 Å². The maximum Gasteiger partial charge on any atom is 0.269 e. The first-order valence-corrected chi connectivity index (χ1v) is 9.25.